The van der Waals surface area contributed by atoms with Gasteiger partial charge in [-0.2, -0.15) is 0 Å². The van der Waals surface area contributed by atoms with Crippen molar-refractivity contribution in [2.24, 2.45) is 5.92 Å². The minimum Gasteiger partial charge on any atom is -0.507 e. The van der Waals surface area contributed by atoms with Crippen LogP contribution in [0.1, 0.15) is 28.4 Å². The highest BCUT2D eigenvalue weighted by molar-refractivity contribution is 6.08. The Bertz CT molecular complexity index is 693. The average Bonchev–Trinajstić information content (AvgIpc) is 2.48. The molecule has 21 heavy (non-hydrogen) atoms. The number of para-hydroxylation sites is 2. The van der Waals surface area contributed by atoms with Crippen molar-refractivity contribution < 1.29 is 9.90 Å². The minimum absolute atomic E-state index is 0.0817. The third-order valence-corrected chi connectivity index (χ3v) is 4.06. The van der Waals surface area contributed by atoms with Crippen molar-refractivity contribution in [2.75, 3.05) is 11.4 Å². The molecule has 1 heterocycles. The van der Waals surface area contributed by atoms with E-state index in [-0.39, 0.29) is 11.7 Å². The molecule has 1 aliphatic rings. The maximum Gasteiger partial charge on any atom is 0.262 e. The molecule has 0 radical (unpaired) electrons. The maximum absolute atomic E-state index is 12.8. The van der Waals surface area contributed by atoms with Gasteiger partial charge in [-0.25, -0.2) is 0 Å². The molecule has 108 valence electrons. The van der Waals surface area contributed by atoms with Gasteiger partial charge in [0.2, 0.25) is 0 Å². The third-order valence-electron chi connectivity index (χ3n) is 4.06. The fourth-order valence-electron chi connectivity index (χ4n) is 2.97. The second-order valence-corrected chi connectivity index (χ2v) is 5.82. The molecule has 3 rings (SSSR count). The molecule has 3 heteroatoms. The Morgan fingerprint density at radius 2 is 1.95 bits per heavy atom. The number of hydrogen-bond donors (Lipinski definition) is 1. The first-order valence-corrected chi connectivity index (χ1v) is 7.26. The van der Waals surface area contributed by atoms with Crippen LogP contribution in [0.15, 0.2) is 42.5 Å². The number of fused-ring (bicyclic) bond motifs is 1. The number of phenolic OH excluding ortho intramolecular Hbond substituents is 1. The van der Waals surface area contributed by atoms with Gasteiger partial charge in [-0.15, -0.1) is 0 Å². The fraction of sp³-hybridized carbons (Fsp3) is 0.278. The zero-order chi connectivity index (χ0) is 15.0. The number of amides is 1. The molecule has 1 unspecified atom stereocenters. The van der Waals surface area contributed by atoms with Gasteiger partial charge in [0.15, 0.2) is 0 Å². The summed E-state index contributed by atoms with van der Waals surface area (Å²) in [4.78, 5) is 14.6. The lowest BCUT2D eigenvalue weighted by molar-refractivity contribution is 0.0978. The molecule has 0 spiro atoms. The molecule has 0 fully saturated rings. The number of carbonyl (C=O) groups excluding carboxylic acids is 1. The summed E-state index contributed by atoms with van der Waals surface area (Å²) in [5.41, 5.74) is 3.25. The van der Waals surface area contributed by atoms with Crippen LogP contribution in [0.3, 0.4) is 0 Å². The summed E-state index contributed by atoms with van der Waals surface area (Å²) in [6.07, 6.45) is 0.986. The topological polar surface area (TPSA) is 40.5 Å². The Kier molecular flexibility index (Phi) is 3.42. The molecule has 1 amide bonds. The Morgan fingerprint density at radius 1 is 1.19 bits per heavy atom. The average molecular weight is 281 g/mol. The van der Waals surface area contributed by atoms with E-state index in [0.717, 1.165) is 17.7 Å². The molecular formula is C18H19NO2. The number of nitrogens with zero attached hydrogens (tertiary/aromatic N) is 1. The summed E-state index contributed by atoms with van der Waals surface area (Å²) in [5.74, 6) is 0.365. The van der Waals surface area contributed by atoms with E-state index < -0.39 is 0 Å². The second kappa shape index (κ2) is 5.24. The van der Waals surface area contributed by atoms with E-state index in [1.165, 1.54) is 5.56 Å². The van der Waals surface area contributed by atoms with Gasteiger partial charge in [-0.1, -0.05) is 37.3 Å². The summed E-state index contributed by atoms with van der Waals surface area (Å²) >= 11 is 0. The Hall–Kier alpha value is -2.29. The smallest absolute Gasteiger partial charge is 0.262 e. The first-order chi connectivity index (χ1) is 10.1. The number of aromatic hydroxyl groups is 1. The van der Waals surface area contributed by atoms with Gasteiger partial charge in [-0.05, 0) is 42.5 Å². The van der Waals surface area contributed by atoms with E-state index in [1.54, 1.807) is 24.0 Å². The van der Waals surface area contributed by atoms with Gasteiger partial charge in [0.1, 0.15) is 5.75 Å². The zero-order valence-corrected chi connectivity index (χ0v) is 12.3. The number of rotatable bonds is 1. The third kappa shape index (κ3) is 2.40. The van der Waals surface area contributed by atoms with Gasteiger partial charge in [0.05, 0.1) is 5.56 Å². The standard InChI is InChI=1S/C18H19NO2/c1-12-10-14-7-3-4-9-16(14)19(11-12)18(21)15-8-5-6-13(2)17(15)20/h3-9,12,20H,10-11H2,1-2H3. The van der Waals surface area contributed by atoms with Crippen molar-refractivity contribution in [3.8, 4) is 5.75 Å². The Labute approximate surface area is 124 Å². The quantitative estimate of drug-likeness (QED) is 0.868. The number of carbonyl (C=O) groups is 1. The van der Waals surface area contributed by atoms with Crippen LogP contribution in [0.25, 0.3) is 0 Å². The van der Waals surface area contributed by atoms with E-state index in [1.807, 2.05) is 24.3 Å². The summed E-state index contributed by atoms with van der Waals surface area (Å²) in [6.45, 7) is 4.63. The van der Waals surface area contributed by atoms with Gasteiger partial charge in [0, 0.05) is 12.2 Å². The number of anilines is 1. The molecule has 1 atom stereocenters. The van der Waals surface area contributed by atoms with Crippen LogP contribution in [0.2, 0.25) is 0 Å². The minimum atomic E-state index is -0.129. The van der Waals surface area contributed by atoms with E-state index in [9.17, 15) is 9.90 Å². The lowest BCUT2D eigenvalue weighted by atomic mass is 9.93. The van der Waals surface area contributed by atoms with E-state index in [4.69, 9.17) is 0 Å². The first kappa shape index (κ1) is 13.7. The number of phenols is 1. The highest BCUT2D eigenvalue weighted by Crippen LogP contribution is 2.32. The predicted octanol–water partition coefficient (Wildman–Crippen LogP) is 3.54. The molecule has 0 aliphatic carbocycles. The van der Waals surface area contributed by atoms with Crippen molar-refractivity contribution in [2.45, 2.75) is 20.3 Å². The largest absolute Gasteiger partial charge is 0.507 e. The zero-order valence-electron chi connectivity index (χ0n) is 12.3. The normalized spacial score (nSPS) is 17.4. The van der Waals surface area contributed by atoms with Crippen molar-refractivity contribution in [3.63, 3.8) is 0 Å². The highest BCUT2D eigenvalue weighted by Gasteiger charge is 2.28. The number of benzene rings is 2. The van der Waals surface area contributed by atoms with Crippen LogP contribution >= 0.6 is 0 Å². The first-order valence-electron chi connectivity index (χ1n) is 7.26. The monoisotopic (exact) mass is 281 g/mol. The van der Waals surface area contributed by atoms with E-state index in [0.29, 0.717) is 18.0 Å². The Morgan fingerprint density at radius 3 is 2.76 bits per heavy atom. The highest BCUT2D eigenvalue weighted by atomic mass is 16.3. The van der Waals surface area contributed by atoms with Crippen LogP contribution in [-0.4, -0.2) is 17.6 Å². The van der Waals surface area contributed by atoms with Crippen LogP contribution in [0.4, 0.5) is 5.69 Å². The number of hydrogen-bond acceptors (Lipinski definition) is 2. The van der Waals surface area contributed by atoms with Gasteiger partial charge < -0.3 is 10.0 Å². The molecular weight excluding hydrogens is 262 g/mol. The van der Waals surface area contributed by atoms with Crippen LogP contribution < -0.4 is 4.90 Å². The second-order valence-electron chi connectivity index (χ2n) is 5.82. The molecule has 1 N–H and O–H groups in total. The summed E-state index contributed by atoms with van der Waals surface area (Å²) < 4.78 is 0. The maximum atomic E-state index is 12.8. The number of aryl methyl sites for hydroxylation is 1. The molecule has 3 nitrogen and oxygen atoms in total. The predicted molar refractivity (Wildman–Crippen MR) is 83.8 cm³/mol. The van der Waals surface area contributed by atoms with Gasteiger partial charge in [0.25, 0.3) is 5.91 Å². The molecule has 0 saturated heterocycles. The van der Waals surface area contributed by atoms with E-state index in [2.05, 4.69) is 13.0 Å². The van der Waals surface area contributed by atoms with Gasteiger partial charge in [-0.3, -0.25) is 4.79 Å². The SMILES string of the molecule is Cc1cccc(C(=O)N2CC(C)Cc3ccccc32)c1O. The molecule has 2 aromatic carbocycles. The molecule has 0 bridgehead atoms. The van der Waals surface area contributed by atoms with Crippen molar-refractivity contribution in [1.29, 1.82) is 0 Å². The lowest BCUT2D eigenvalue weighted by Crippen LogP contribution is -2.39. The van der Waals surface area contributed by atoms with Crippen molar-refractivity contribution >= 4 is 11.6 Å². The van der Waals surface area contributed by atoms with Crippen LogP contribution in [0, 0.1) is 12.8 Å². The molecule has 2 aromatic rings. The van der Waals surface area contributed by atoms with Crippen molar-refractivity contribution in [1.82, 2.24) is 0 Å². The molecule has 0 aromatic heterocycles. The molecule has 1 aliphatic heterocycles. The van der Waals surface area contributed by atoms with Crippen LogP contribution in [-0.2, 0) is 6.42 Å². The van der Waals surface area contributed by atoms with E-state index >= 15 is 0 Å². The van der Waals surface area contributed by atoms with Crippen molar-refractivity contribution in [3.05, 3.63) is 59.2 Å². The van der Waals surface area contributed by atoms with Crippen LogP contribution in [0.5, 0.6) is 5.75 Å². The summed E-state index contributed by atoms with van der Waals surface area (Å²) in [6, 6.07) is 13.3. The molecule has 0 saturated carbocycles. The summed E-state index contributed by atoms with van der Waals surface area (Å²) in [5, 5.41) is 10.2. The lowest BCUT2D eigenvalue weighted by Gasteiger charge is -2.33. The van der Waals surface area contributed by atoms with Gasteiger partial charge >= 0.3 is 0 Å². The summed E-state index contributed by atoms with van der Waals surface area (Å²) in [7, 11) is 0. The Balaban J connectivity index is 2.04. The fourth-order valence-corrected chi connectivity index (χ4v) is 2.97.